The molecule has 0 saturated heterocycles. The van der Waals surface area contributed by atoms with Gasteiger partial charge in [0.25, 0.3) is 0 Å². The van der Waals surface area contributed by atoms with Crippen molar-refractivity contribution in [3.05, 3.63) is 88.0 Å². The molecule has 1 heterocycles. The van der Waals surface area contributed by atoms with Crippen molar-refractivity contribution in [3.8, 4) is 5.75 Å². The van der Waals surface area contributed by atoms with Crippen LogP contribution in [0.5, 0.6) is 5.75 Å². The van der Waals surface area contributed by atoms with E-state index in [1.165, 1.54) is 6.07 Å². The van der Waals surface area contributed by atoms with Gasteiger partial charge < -0.3 is 19.3 Å². The van der Waals surface area contributed by atoms with E-state index in [0.717, 1.165) is 41.8 Å². The third-order valence-corrected chi connectivity index (χ3v) is 7.30. The van der Waals surface area contributed by atoms with Gasteiger partial charge in [-0.2, -0.15) is 13.2 Å². The molecular weight excluding hydrogens is 563 g/mol. The Morgan fingerprint density at radius 2 is 1.81 bits per heavy atom. The summed E-state index contributed by atoms with van der Waals surface area (Å²) >= 11 is 0. The monoisotopic (exact) mass is 599 g/mol. The van der Waals surface area contributed by atoms with E-state index < -0.39 is 30.2 Å². The number of nitrogens with zero attached hydrogens (tertiary/aromatic N) is 3. The summed E-state index contributed by atoms with van der Waals surface area (Å²) in [6, 6.07) is 14.8. The number of alkyl halides is 3. The molecule has 4 aromatic rings. The highest BCUT2D eigenvalue weighted by atomic mass is 19.4. The Labute approximate surface area is 248 Å². The van der Waals surface area contributed by atoms with Crippen molar-refractivity contribution >= 4 is 17.0 Å². The van der Waals surface area contributed by atoms with Gasteiger partial charge in [0.1, 0.15) is 11.3 Å². The maximum Gasteiger partial charge on any atom is 0.416 e. The molecule has 230 valence electrons. The number of methoxy groups -OCH3 is 1. The number of hydrogen-bond acceptors (Lipinski definition) is 7. The van der Waals surface area contributed by atoms with Crippen LogP contribution in [0.15, 0.2) is 54.6 Å². The number of halogens is 3. The molecule has 43 heavy (non-hydrogen) atoms. The predicted octanol–water partition coefficient (Wildman–Crippen LogP) is 6.34. The fourth-order valence-electron chi connectivity index (χ4n) is 5.07. The highest BCUT2D eigenvalue weighted by Crippen LogP contribution is 2.38. The molecule has 0 spiro atoms. The molecule has 0 aliphatic carbocycles. The largest absolute Gasteiger partial charge is 0.497 e. The third-order valence-electron chi connectivity index (χ3n) is 7.30. The number of fused-ring (bicyclic) bond motifs is 1. The first-order valence-corrected chi connectivity index (χ1v) is 14.2. The van der Waals surface area contributed by atoms with E-state index in [9.17, 15) is 23.1 Å². The van der Waals surface area contributed by atoms with Crippen LogP contribution in [0.2, 0.25) is 0 Å². The zero-order chi connectivity index (χ0) is 31.0. The number of rotatable bonds is 14. The number of esters is 1. The SMILES string of the molecule is CCOC(=O)CC(c1cc(CO)cc(C(F)(F)F)c1)c1ccc2c(nnn2CCCCOCc2ccc(OC)cc2)c1C. The highest BCUT2D eigenvalue weighted by molar-refractivity contribution is 5.80. The molecule has 4 rings (SSSR count). The van der Waals surface area contributed by atoms with Crippen LogP contribution < -0.4 is 4.74 Å². The first-order chi connectivity index (χ1) is 20.6. The smallest absolute Gasteiger partial charge is 0.416 e. The van der Waals surface area contributed by atoms with E-state index in [2.05, 4.69) is 10.3 Å². The Morgan fingerprint density at radius 1 is 1.05 bits per heavy atom. The van der Waals surface area contributed by atoms with Crippen LogP contribution in [0.25, 0.3) is 11.0 Å². The lowest BCUT2D eigenvalue weighted by Gasteiger charge is -2.22. The van der Waals surface area contributed by atoms with Crippen LogP contribution in [-0.4, -0.2) is 46.4 Å². The molecule has 0 amide bonds. The summed E-state index contributed by atoms with van der Waals surface area (Å²) < 4.78 is 59.0. The fraction of sp³-hybridized carbons (Fsp3) is 0.406. The zero-order valence-corrected chi connectivity index (χ0v) is 24.5. The summed E-state index contributed by atoms with van der Waals surface area (Å²) in [7, 11) is 1.63. The molecule has 0 fully saturated rings. The van der Waals surface area contributed by atoms with Crippen molar-refractivity contribution in [2.45, 2.75) is 65.0 Å². The minimum atomic E-state index is -4.61. The summed E-state index contributed by atoms with van der Waals surface area (Å²) in [5.41, 5.74) is 3.29. The van der Waals surface area contributed by atoms with Crippen molar-refractivity contribution in [1.29, 1.82) is 0 Å². The Morgan fingerprint density at radius 3 is 2.49 bits per heavy atom. The normalized spacial score (nSPS) is 12.4. The number of aryl methyl sites for hydroxylation is 2. The molecule has 11 heteroatoms. The number of hydrogen-bond donors (Lipinski definition) is 1. The second kappa shape index (κ2) is 14.5. The minimum absolute atomic E-state index is 0.108. The molecule has 1 N–H and O–H groups in total. The number of unbranched alkanes of at least 4 members (excludes halogenated alkanes) is 1. The van der Waals surface area contributed by atoms with Gasteiger partial charge in [0.2, 0.25) is 0 Å². The maximum atomic E-state index is 13.7. The second-order valence-corrected chi connectivity index (χ2v) is 10.2. The second-order valence-electron chi connectivity index (χ2n) is 10.2. The van der Waals surface area contributed by atoms with Gasteiger partial charge in [-0.3, -0.25) is 4.79 Å². The average molecular weight is 600 g/mol. The van der Waals surface area contributed by atoms with E-state index in [0.29, 0.717) is 36.4 Å². The quantitative estimate of drug-likeness (QED) is 0.133. The Bertz CT molecular complexity index is 1520. The van der Waals surface area contributed by atoms with Crippen LogP contribution in [0.1, 0.15) is 65.5 Å². The molecule has 1 unspecified atom stereocenters. The number of carbonyl (C=O) groups is 1. The number of ether oxygens (including phenoxy) is 3. The van der Waals surface area contributed by atoms with E-state index >= 15 is 0 Å². The van der Waals surface area contributed by atoms with Crippen molar-refractivity contribution < 1.29 is 37.3 Å². The molecule has 3 aromatic carbocycles. The topological polar surface area (TPSA) is 95.7 Å². The lowest BCUT2D eigenvalue weighted by atomic mass is 9.84. The highest BCUT2D eigenvalue weighted by Gasteiger charge is 2.33. The number of aliphatic hydroxyl groups is 1. The van der Waals surface area contributed by atoms with Crippen molar-refractivity contribution in [3.63, 3.8) is 0 Å². The fourth-order valence-corrected chi connectivity index (χ4v) is 5.07. The molecule has 0 aliphatic rings. The summed E-state index contributed by atoms with van der Waals surface area (Å²) in [6.45, 7) is 4.78. The van der Waals surface area contributed by atoms with Crippen LogP contribution in [0.3, 0.4) is 0 Å². The molecule has 1 atom stereocenters. The van der Waals surface area contributed by atoms with Crippen LogP contribution in [0, 0.1) is 6.92 Å². The molecule has 8 nitrogen and oxygen atoms in total. The summed E-state index contributed by atoms with van der Waals surface area (Å²) in [6.07, 6.45) is -3.16. The van der Waals surface area contributed by atoms with Gasteiger partial charge in [-0.25, -0.2) is 4.68 Å². The van der Waals surface area contributed by atoms with Gasteiger partial charge >= 0.3 is 12.1 Å². The minimum Gasteiger partial charge on any atom is -0.497 e. The number of aliphatic hydroxyl groups excluding tert-OH is 1. The zero-order valence-electron chi connectivity index (χ0n) is 24.5. The first-order valence-electron chi connectivity index (χ1n) is 14.2. The molecule has 0 aliphatic heterocycles. The van der Waals surface area contributed by atoms with E-state index in [4.69, 9.17) is 14.2 Å². The maximum absolute atomic E-state index is 13.7. The standard InChI is InChI=1S/C32H36F3N3O5/c1-4-43-30(40)18-28(24-15-23(19-39)16-25(17-24)32(33,34)35)27-11-12-29-31(21(27)2)36-37-38(29)13-5-6-14-42-20-22-7-9-26(41-3)10-8-22/h7-12,15-17,28,39H,4-6,13-14,18-20H2,1-3H3. The van der Waals surface area contributed by atoms with Gasteiger partial charge in [0.15, 0.2) is 0 Å². The van der Waals surface area contributed by atoms with Gasteiger partial charge in [0.05, 0.1) is 44.4 Å². The van der Waals surface area contributed by atoms with Gasteiger partial charge in [-0.05, 0) is 84.8 Å². The van der Waals surface area contributed by atoms with Crippen LogP contribution >= 0.6 is 0 Å². The Kier molecular flexibility index (Phi) is 10.8. The van der Waals surface area contributed by atoms with E-state index in [1.807, 2.05) is 37.3 Å². The first kappa shape index (κ1) is 32.0. The third kappa shape index (κ3) is 8.11. The summed E-state index contributed by atoms with van der Waals surface area (Å²) in [4.78, 5) is 12.6. The lowest BCUT2D eigenvalue weighted by molar-refractivity contribution is -0.143. The molecule has 0 saturated carbocycles. The lowest BCUT2D eigenvalue weighted by Crippen LogP contribution is -2.15. The molecule has 0 radical (unpaired) electrons. The van der Waals surface area contributed by atoms with Crippen LogP contribution in [-0.2, 0) is 40.2 Å². The summed E-state index contributed by atoms with van der Waals surface area (Å²) in [5.74, 6) is -0.482. The summed E-state index contributed by atoms with van der Waals surface area (Å²) in [5, 5.41) is 18.3. The average Bonchev–Trinajstić information content (AvgIpc) is 3.41. The predicted molar refractivity (Wildman–Crippen MR) is 155 cm³/mol. The number of benzene rings is 3. The van der Waals surface area contributed by atoms with E-state index in [-0.39, 0.29) is 24.2 Å². The number of aromatic nitrogens is 3. The number of carbonyl (C=O) groups excluding carboxylic acids is 1. The van der Waals surface area contributed by atoms with Crippen molar-refractivity contribution in [1.82, 2.24) is 15.0 Å². The van der Waals surface area contributed by atoms with E-state index in [1.54, 1.807) is 24.8 Å². The molecular formula is C32H36F3N3O5. The Balaban J connectivity index is 1.50. The molecule has 1 aromatic heterocycles. The molecule has 0 bridgehead atoms. The van der Waals surface area contributed by atoms with Gasteiger partial charge in [-0.1, -0.05) is 29.5 Å². The van der Waals surface area contributed by atoms with Crippen molar-refractivity contribution in [2.75, 3.05) is 20.3 Å². The van der Waals surface area contributed by atoms with Crippen molar-refractivity contribution in [2.24, 2.45) is 0 Å². The van der Waals surface area contributed by atoms with Crippen LogP contribution in [0.4, 0.5) is 13.2 Å². The van der Waals surface area contributed by atoms with Gasteiger partial charge in [-0.15, -0.1) is 5.10 Å². The Hall–Kier alpha value is -3.96. The van der Waals surface area contributed by atoms with Gasteiger partial charge in [0, 0.05) is 19.1 Å².